The number of imidazole rings is 1. The Hall–Kier alpha value is -1.67. The average Bonchev–Trinajstić information content (AvgIpc) is 3.28. The van der Waals surface area contributed by atoms with Crippen molar-refractivity contribution in [3.63, 3.8) is 0 Å². The van der Waals surface area contributed by atoms with E-state index >= 15 is 0 Å². The predicted molar refractivity (Wildman–Crippen MR) is 94.8 cm³/mol. The summed E-state index contributed by atoms with van der Waals surface area (Å²) >= 11 is 7.41. The van der Waals surface area contributed by atoms with Crippen molar-refractivity contribution in [2.45, 2.75) is 25.0 Å². The van der Waals surface area contributed by atoms with Crippen LogP contribution < -0.4 is 4.90 Å². The number of aliphatic hydroxyl groups excluding tert-OH is 2. The summed E-state index contributed by atoms with van der Waals surface area (Å²) in [6.45, 7) is 0.604. The minimum absolute atomic E-state index is 0.0819. The van der Waals surface area contributed by atoms with Gasteiger partial charge in [-0.2, -0.15) is 0 Å². The molecule has 1 saturated heterocycles. The molecular formula is C16H17ClN4O2S. The van der Waals surface area contributed by atoms with Gasteiger partial charge in [0.25, 0.3) is 0 Å². The molecule has 4 rings (SSSR count). The number of rotatable bonds is 4. The molecule has 2 N–H and O–H groups in total. The molecule has 6 nitrogen and oxygen atoms in total. The number of benzene rings is 1. The number of nitrogens with zero attached hydrogens (tertiary/aromatic N) is 4. The first-order valence-electron chi connectivity index (χ1n) is 7.83. The smallest absolute Gasteiger partial charge is 0.214 e. The van der Waals surface area contributed by atoms with Gasteiger partial charge in [0.15, 0.2) is 0 Å². The normalized spacial score (nSPS) is 19.3. The molecule has 1 aliphatic rings. The highest BCUT2D eigenvalue weighted by atomic mass is 35.5. The third-order valence-electron chi connectivity index (χ3n) is 4.35. The molecular weight excluding hydrogens is 348 g/mol. The van der Waals surface area contributed by atoms with Crippen LogP contribution in [-0.4, -0.2) is 50.1 Å². The van der Waals surface area contributed by atoms with E-state index in [2.05, 4.69) is 15.0 Å². The first-order valence-corrected chi connectivity index (χ1v) is 9.03. The molecule has 0 saturated carbocycles. The molecule has 0 bridgehead atoms. The summed E-state index contributed by atoms with van der Waals surface area (Å²) in [6, 6.07) is 7.47. The maximum Gasteiger partial charge on any atom is 0.214 e. The Kier molecular flexibility index (Phi) is 4.17. The summed E-state index contributed by atoms with van der Waals surface area (Å²) in [4.78, 5) is 7.51. The van der Waals surface area contributed by atoms with Crippen molar-refractivity contribution >= 4 is 33.0 Å². The van der Waals surface area contributed by atoms with Gasteiger partial charge in [-0.05, 0) is 25.0 Å². The lowest BCUT2D eigenvalue weighted by Gasteiger charge is -2.26. The van der Waals surface area contributed by atoms with Gasteiger partial charge in [-0.1, -0.05) is 35.1 Å². The van der Waals surface area contributed by atoms with Crippen LogP contribution in [0.5, 0.6) is 0 Å². The minimum atomic E-state index is -0.742. The fraction of sp³-hybridized carbons (Fsp3) is 0.375. The fourth-order valence-corrected chi connectivity index (χ4v) is 4.21. The quantitative estimate of drug-likeness (QED) is 0.743. The van der Waals surface area contributed by atoms with Gasteiger partial charge >= 0.3 is 0 Å². The van der Waals surface area contributed by atoms with Crippen LogP contribution in [0, 0.1) is 0 Å². The highest BCUT2D eigenvalue weighted by Crippen LogP contribution is 2.32. The number of aliphatic hydroxyl groups is 2. The van der Waals surface area contributed by atoms with Gasteiger partial charge < -0.3 is 15.1 Å². The van der Waals surface area contributed by atoms with Crippen LogP contribution in [0.1, 0.15) is 12.8 Å². The van der Waals surface area contributed by atoms with Gasteiger partial charge in [-0.15, -0.1) is 5.10 Å². The lowest BCUT2D eigenvalue weighted by molar-refractivity contribution is 0.0751. The lowest BCUT2D eigenvalue weighted by atomic mass is 10.1. The minimum Gasteiger partial charge on any atom is -0.394 e. The third-order valence-corrected chi connectivity index (χ3v) is 5.56. The van der Waals surface area contributed by atoms with Crippen LogP contribution >= 0.6 is 22.9 Å². The number of fused-ring (bicyclic) bond motifs is 1. The summed E-state index contributed by atoms with van der Waals surface area (Å²) in [6.07, 6.45) is 3.00. The van der Waals surface area contributed by atoms with E-state index in [1.807, 2.05) is 30.5 Å². The van der Waals surface area contributed by atoms with Crippen LogP contribution in [0.25, 0.3) is 16.2 Å². The van der Waals surface area contributed by atoms with E-state index in [-0.39, 0.29) is 12.6 Å². The van der Waals surface area contributed by atoms with Crippen molar-refractivity contribution in [3.8, 4) is 11.3 Å². The van der Waals surface area contributed by atoms with Gasteiger partial charge in [-0.25, -0.2) is 9.50 Å². The van der Waals surface area contributed by atoms with Crippen molar-refractivity contribution in [2.75, 3.05) is 18.1 Å². The summed E-state index contributed by atoms with van der Waals surface area (Å²) in [5.41, 5.74) is 1.85. The maximum absolute atomic E-state index is 9.98. The molecule has 2 unspecified atom stereocenters. The molecule has 0 aliphatic carbocycles. The van der Waals surface area contributed by atoms with Crippen molar-refractivity contribution in [3.05, 3.63) is 35.5 Å². The van der Waals surface area contributed by atoms with Gasteiger partial charge in [0.05, 0.1) is 30.6 Å². The van der Waals surface area contributed by atoms with E-state index < -0.39 is 6.10 Å². The van der Waals surface area contributed by atoms with Crippen LogP contribution in [0.2, 0.25) is 5.02 Å². The second-order valence-electron chi connectivity index (χ2n) is 5.90. The Balaban J connectivity index is 1.63. The molecule has 1 fully saturated rings. The number of hydrogen-bond acceptors (Lipinski definition) is 6. The van der Waals surface area contributed by atoms with Crippen LogP contribution in [-0.2, 0) is 0 Å². The molecule has 0 spiro atoms. The summed E-state index contributed by atoms with van der Waals surface area (Å²) < 4.78 is 1.77. The van der Waals surface area contributed by atoms with Gasteiger partial charge in [0, 0.05) is 17.1 Å². The zero-order valence-corrected chi connectivity index (χ0v) is 14.4. The maximum atomic E-state index is 9.98. The van der Waals surface area contributed by atoms with E-state index in [0.29, 0.717) is 5.02 Å². The molecule has 24 heavy (non-hydrogen) atoms. The Labute approximate surface area is 147 Å². The molecule has 2 aromatic heterocycles. The first kappa shape index (κ1) is 15.8. The van der Waals surface area contributed by atoms with Gasteiger partial charge in [0.1, 0.15) is 0 Å². The Morgan fingerprint density at radius 2 is 2.12 bits per heavy atom. The number of aromatic nitrogens is 3. The molecule has 3 heterocycles. The fourth-order valence-electron chi connectivity index (χ4n) is 3.12. The Morgan fingerprint density at radius 1 is 1.33 bits per heavy atom. The van der Waals surface area contributed by atoms with Crippen LogP contribution in [0.3, 0.4) is 0 Å². The first-order chi connectivity index (χ1) is 11.7. The molecule has 8 heteroatoms. The van der Waals surface area contributed by atoms with Gasteiger partial charge in [-0.3, -0.25) is 0 Å². The highest BCUT2D eigenvalue weighted by molar-refractivity contribution is 7.20. The Morgan fingerprint density at radius 3 is 2.83 bits per heavy atom. The van der Waals surface area contributed by atoms with Crippen molar-refractivity contribution < 1.29 is 10.2 Å². The van der Waals surface area contributed by atoms with Crippen LogP contribution in [0.4, 0.5) is 5.13 Å². The number of hydrogen-bond donors (Lipinski definition) is 2. The zero-order valence-electron chi connectivity index (χ0n) is 12.8. The predicted octanol–water partition coefficient (Wildman–Crippen LogP) is 2.43. The van der Waals surface area contributed by atoms with E-state index in [0.717, 1.165) is 40.7 Å². The number of halogens is 1. The van der Waals surface area contributed by atoms with E-state index in [9.17, 15) is 10.2 Å². The second kappa shape index (κ2) is 6.33. The molecule has 126 valence electrons. The molecule has 0 amide bonds. The standard InChI is InChI=1S/C16H17ClN4O2S/c17-11-5-3-10(4-6-11)12-8-21-15(18-12)24-16(19-21)20-7-1-2-13(20)14(23)9-22/h3-6,8,13-14,22-23H,1-2,7,9H2. The third kappa shape index (κ3) is 2.77. The summed E-state index contributed by atoms with van der Waals surface area (Å²) in [5, 5.41) is 25.3. The van der Waals surface area contributed by atoms with E-state index in [1.165, 1.54) is 11.3 Å². The van der Waals surface area contributed by atoms with E-state index in [4.69, 9.17) is 11.6 Å². The summed E-state index contributed by atoms with van der Waals surface area (Å²) in [5.74, 6) is 0. The van der Waals surface area contributed by atoms with Gasteiger partial charge in [0.2, 0.25) is 10.1 Å². The lowest BCUT2D eigenvalue weighted by Crippen LogP contribution is -2.41. The van der Waals surface area contributed by atoms with Crippen molar-refractivity contribution in [1.82, 2.24) is 14.6 Å². The van der Waals surface area contributed by atoms with Crippen LogP contribution in [0.15, 0.2) is 30.5 Å². The number of anilines is 1. The molecule has 1 aliphatic heterocycles. The molecule has 0 radical (unpaired) electrons. The molecule has 3 aromatic rings. The van der Waals surface area contributed by atoms with Crippen molar-refractivity contribution in [1.29, 1.82) is 0 Å². The molecule has 1 aromatic carbocycles. The highest BCUT2D eigenvalue weighted by Gasteiger charge is 2.32. The Bertz CT molecular complexity index is 816. The molecule has 2 atom stereocenters. The van der Waals surface area contributed by atoms with Crippen molar-refractivity contribution in [2.24, 2.45) is 0 Å². The van der Waals surface area contributed by atoms with E-state index in [1.54, 1.807) is 4.52 Å². The average molecular weight is 365 g/mol. The second-order valence-corrected chi connectivity index (χ2v) is 7.27. The topological polar surface area (TPSA) is 73.9 Å². The zero-order chi connectivity index (χ0) is 16.7. The largest absolute Gasteiger partial charge is 0.394 e. The monoisotopic (exact) mass is 364 g/mol. The SMILES string of the molecule is OCC(O)C1CCCN1c1nn2cc(-c3ccc(Cl)cc3)nc2s1. The summed E-state index contributed by atoms with van der Waals surface area (Å²) in [7, 11) is 0.